The van der Waals surface area contributed by atoms with Gasteiger partial charge in [0.25, 0.3) is 0 Å². The minimum Gasteiger partial charge on any atom is -0.432 e. The van der Waals surface area contributed by atoms with Crippen LogP contribution in [0.5, 0.6) is 0 Å². The van der Waals surface area contributed by atoms with E-state index < -0.39 is 6.29 Å². The Labute approximate surface area is 146 Å². The molecular formula is C21H32O3. The summed E-state index contributed by atoms with van der Waals surface area (Å²) >= 11 is 0. The molecule has 0 aromatic rings. The fourth-order valence-electron chi connectivity index (χ4n) is 3.93. The minimum absolute atomic E-state index is 0.0588. The van der Waals surface area contributed by atoms with Crippen molar-refractivity contribution in [3.05, 3.63) is 34.9 Å². The van der Waals surface area contributed by atoms with Crippen LogP contribution >= 0.6 is 0 Å². The second kappa shape index (κ2) is 8.66. The van der Waals surface area contributed by atoms with E-state index in [1.54, 1.807) is 7.11 Å². The van der Waals surface area contributed by atoms with Gasteiger partial charge in [0.1, 0.15) is 0 Å². The number of hydrogen-bond donors (Lipinski definition) is 0. The van der Waals surface area contributed by atoms with Crippen LogP contribution in [0.4, 0.5) is 0 Å². The molecule has 3 heteroatoms. The first-order chi connectivity index (χ1) is 11.4. The highest BCUT2D eigenvalue weighted by molar-refractivity contribution is 5.91. The van der Waals surface area contributed by atoms with Gasteiger partial charge in [-0.15, -0.1) is 0 Å². The van der Waals surface area contributed by atoms with E-state index in [-0.39, 0.29) is 11.9 Å². The number of fused-ring (bicyclic) bond motifs is 1. The molecule has 1 fully saturated rings. The van der Waals surface area contributed by atoms with Crippen LogP contribution in [0.15, 0.2) is 34.9 Å². The summed E-state index contributed by atoms with van der Waals surface area (Å²) in [6.07, 6.45) is 11.3. The molecule has 3 nitrogen and oxygen atoms in total. The van der Waals surface area contributed by atoms with Crippen molar-refractivity contribution in [2.45, 2.75) is 66.1 Å². The SMILES string of the molecule is CO[C@H]1OC(=O)/C2=C/C/C=C(\C)CC[C@@H]([C@H](C)CCC=C(C)C)[C@@H]21. The smallest absolute Gasteiger partial charge is 0.336 e. The highest BCUT2D eigenvalue weighted by Crippen LogP contribution is 2.42. The zero-order valence-corrected chi connectivity index (χ0v) is 15.8. The Morgan fingerprint density at radius 3 is 2.83 bits per heavy atom. The van der Waals surface area contributed by atoms with Crippen LogP contribution in [0.25, 0.3) is 0 Å². The molecule has 134 valence electrons. The Balaban J connectivity index is 2.25. The van der Waals surface area contributed by atoms with Crippen molar-refractivity contribution in [1.29, 1.82) is 0 Å². The lowest BCUT2D eigenvalue weighted by Crippen LogP contribution is -2.31. The predicted octanol–water partition coefficient (Wildman–Crippen LogP) is 5.19. The summed E-state index contributed by atoms with van der Waals surface area (Å²) in [5.41, 5.74) is 3.60. The van der Waals surface area contributed by atoms with E-state index in [2.05, 4.69) is 45.9 Å². The normalized spacial score (nSPS) is 32.9. The maximum absolute atomic E-state index is 12.3. The lowest BCUT2D eigenvalue weighted by Gasteiger charge is -2.31. The second-order valence-corrected chi connectivity index (χ2v) is 7.52. The number of ether oxygens (including phenoxy) is 2. The molecule has 4 atom stereocenters. The Bertz CT molecular complexity index is 537. The van der Waals surface area contributed by atoms with Gasteiger partial charge in [-0.3, -0.25) is 0 Å². The van der Waals surface area contributed by atoms with Gasteiger partial charge in [-0.2, -0.15) is 0 Å². The maximum Gasteiger partial charge on any atom is 0.336 e. The Morgan fingerprint density at radius 2 is 2.17 bits per heavy atom. The molecule has 1 aliphatic heterocycles. The summed E-state index contributed by atoms with van der Waals surface area (Å²) in [5, 5.41) is 0. The summed E-state index contributed by atoms with van der Waals surface area (Å²) in [6.45, 7) is 8.79. The highest BCUT2D eigenvalue weighted by atomic mass is 16.7. The van der Waals surface area contributed by atoms with E-state index in [1.165, 1.54) is 11.1 Å². The van der Waals surface area contributed by atoms with Crippen molar-refractivity contribution >= 4 is 5.97 Å². The van der Waals surface area contributed by atoms with Crippen molar-refractivity contribution in [1.82, 2.24) is 0 Å². The van der Waals surface area contributed by atoms with Crippen LogP contribution in [0.3, 0.4) is 0 Å². The number of esters is 1. The van der Waals surface area contributed by atoms with Crippen molar-refractivity contribution in [3.63, 3.8) is 0 Å². The molecule has 2 rings (SSSR count). The molecule has 0 spiro atoms. The number of methoxy groups -OCH3 is 1. The van der Waals surface area contributed by atoms with Crippen LogP contribution in [0.2, 0.25) is 0 Å². The van der Waals surface area contributed by atoms with Crippen molar-refractivity contribution in [2.24, 2.45) is 17.8 Å². The lowest BCUT2D eigenvalue weighted by atomic mass is 9.74. The number of cyclic esters (lactones) is 1. The first kappa shape index (κ1) is 19.0. The lowest BCUT2D eigenvalue weighted by molar-refractivity contribution is -0.164. The van der Waals surface area contributed by atoms with E-state index in [1.807, 2.05) is 0 Å². The number of carbonyl (C=O) groups excluding carboxylic acids is 1. The maximum atomic E-state index is 12.3. The fourth-order valence-corrected chi connectivity index (χ4v) is 3.93. The molecule has 0 aromatic carbocycles. The predicted molar refractivity (Wildman–Crippen MR) is 97.4 cm³/mol. The number of carbonyl (C=O) groups is 1. The van der Waals surface area contributed by atoms with E-state index in [4.69, 9.17) is 9.47 Å². The molecule has 0 N–H and O–H groups in total. The fraction of sp³-hybridized carbons (Fsp3) is 0.667. The van der Waals surface area contributed by atoms with E-state index in [0.29, 0.717) is 11.8 Å². The van der Waals surface area contributed by atoms with Crippen LogP contribution in [-0.4, -0.2) is 19.4 Å². The largest absolute Gasteiger partial charge is 0.432 e. The molecular weight excluding hydrogens is 300 g/mol. The minimum atomic E-state index is -0.432. The Morgan fingerprint density at radius 1 is 1.42 bits per heavy atom. The van der Waals surface area contributed by atoms with Gasteiger partial charge in [0.2, 0.25) is 6.29 Å². The zero-order valence-electron chi connectivity index (χ0n) is 15.8. The number of allylic oxidation sites excluding steroid dienone is 5. The molecule has 2 aliphatic rings. The summed E-state index contributed by atoms with van der Waals surface area (Å²) in [7, 11) is 1.64. The summed E-state index contributed by atoms with van der Waals surface area (Å²) in [5.74, 6) is 0.788. The van der Waals surface area contributed by atoms with Gasteiger partial charge in [0, 0.05) is 12.7 Å². The van der Waals surface area contributed by atoms with Crippen LogP contribution in [0, 0.1) is 17.8 Å². The average Bonchev–Trinajstić information content (AvgIpc) is 2.86. The van der Waals surface area contributed by atoms with Crippen molar-refractivity contribution in [2.75, 3.05) is 7.11 Å². The van der Waals surface area contributed by atoms with Crippen LogP contribution < -0.4 is 0 Å². The third-order valence-corrected chi connectivity index (χ3v) is 5.39. The average molecular weight is 332 g/mol. The van der Waals surface area contributed by atoms with Gasteiger partial charge in [0.15, 0.2) is 0 Å². The molecule has 0 amide bonds. The molecule has 0 aromatic heterocycles. The van der Waals surface area contributed by atoms with Gasteiger partial charge in [-0.05, 0) is 64.7 Å². The summed E-state index contributed by atoms with van der Waals surface area (Å²) < 4.78 is 11.0. The molecule has 1 aliphatic carbocycles. The molecule has 0 bridgehead atoms. The monoisotopic (exact) mass is 332 g/mol. The van der Waals surface area contributed by atoms with Crippen molar-refractivity contribution in [3.8, 4) is 0 Å². The molecule has 0 radical (unpaired) electrons. The first-order valence-electron chi connectivity index (χ1n) is 9.16. The summed E-state index contributed by atoms with van der Waals surface area (Å²) in [6, 6.07) is 0. The quantitative estimate of drug-likeness (QED) is 0.513. The zero-order chi connectivity index (χ0) is 17.7. The number of hydrogen-bond acceptors (Lipinski definition) is 3. The third kappa shape index (κ3) is 4.60. The number of rotatable bonds is 5. The van der Waals surface area contributed by atoms with Gasteiger partial charge in [-0.25, -0.2) is 4.79 Å². The van der Waals surface area contributed by atoms with Crippen LogP contribution in [-0.2, 0) is 14.3 Å². The van der Waals surface area contributed by atoms with Gasteiger partial charge in [0.05, 0.1) is 5.92 Å². The third-order valence-electron chi connectivity index (χ3n) is 5.39. The summed E-state index contributed by atoms with van der Waals surface area (Å²) in [4.78, 5) is 12.3. The molecule has 1 heterocycles. The standard InChI is InChI=1S/C21H32O3/c1-14(2)8-6-10-16(4)17-13-12-15(3)9-7-11-18-19(17)21(23-5)24-20(18)22/h8-9,11,16-17,19,21H,6-7,10,12-13H2,1-5H3/b15-9+,18-11+/t16-,17+,19+,21+/m1/s1. The Kier molecular flexibility index (Phi) is 6.85. The van der Waals surface area contributed by atoms with Gasteiger partial charge < -0.3 is 9.47 Å². The topological polar surface area (TPSA) is 35.5 Å². The molecule has 0 unspecified atom stereocenters. The van der Waals surface area contributed by atoms with Gasteiger partial charge >= 0.3 is 5.97 Å². The second-order valence-electron chi connectivity index (χ2n) is 7.52. The molecule has 24 heavy (non-hydrogen) atoms. The van der Waals surface area contributed by atoms with E-state index >= 15 is 0 Å². The van der Waals surface area contributed by atoms with Crippen LogP contribution in [0.1, 0.15) is 59.8 Å². The molecule has 1 saturated heterocycles. The van der Waals surface area contributed by atoms with E-state index in [9.17, 15) is 4.79 Å². The molecule has 0 saturated carbocycles. The Hall–Kier alpha value is -1.35. The van der Waals surface area contributed by atoms with Crippen molar-refractivity contribution < 1.29 is 14.3 Å². The van der Waals surface area contributed by atoms with E-state index in [0.717, 1.165) is 37.7 Å². The van der Waals surface area contributed by atoms with Gasteiger partial charge in [-0.1, -0.05) is 36.3 Å². The first-order valence-corrected chi connectivity index (χ1v) is 9.16. The highest BCUT2D eigenvalue weighted by Gasteiger charge is 2.45.